The van der Waals surface area contributed by atoms with Crippen LogP contribution in [0.1, 0.15) is 105 Å². The number of halogens is 2. The number of rotatable bonds is 13. The first-order chi connectivity index (χ1) is 22.1. The van der Waals surface area contributed by atoms with Crippen LogP contribution in [0.15, 0.2) is 82.3 Å². The average Bonchev–Trinajstić information content (AvgIpc) is 3.31. The van der Waals surface area contributed by atoms with E-state index in [1.54, 1.807) is 18.2 Å². The molecule has 2 N–H and O–H groups in total. The monoisotopic (exact) mass is 663 g/mol. The van der Waals surface area contributed by atoms with Gasteiger partial charge >= 0.3 is 5.97 Å². The van der Waals surface area contributed by atoms with Gasteiger partial charge in [-0.1, -0.05) is 85.9 Å². The molecule has 0 bridgehead atoms. The largest absolute Gasteiger partial charge is 0.481 e. The van der Waals surface area contributed by atoms with E-state index in [9.17, 15) is 14.4 Å². The summed E-state index contributed by atoms with van der Waals surface area (Å²) in [6.45, 7) is 6.28. The van der Waals surface area contributed by atoms with Crippen LogP contribution < -0.4 is 5.32 Å². The predicted molar refractivity (Wildman–Crippen MR) is 186 cm³/mol. The molecule has 1 unspecified atom stereocenters. The van der Waals surface area contributed by atoms with Crippen LogP contribution in [0.3, 0.4) is 0 Å². The summed E-state index contributed by atoms with van der Waals surface area (Å²) >= 11 is 12.2. The number of carboxylic acid groups (broad SMARTS) is 1. The molecule has 1 heterocycles. The molecule has 9 heteroatoms. The minimum atomic E-state index is -0.965. The zero-order valence-corrected chi connectivity index (χ0v) is 28.3. The summed E-state index contributed by atoms with van der Waals surface area (Å²) in [5.74, 6) is -0.927. The SMILES string of the molecule is C\C=C(Cl)/C=C(\C=C\Cl)c1ccc(C2=NC3(CCCCC3)N(C(CCC(C)C)c3ccc(C(=O)NCCC(=O)O)cc3)C2=O)cc1. The predicted octanol–water partition coefficient (Wildman–Crippen LogP) is 8.64. The van der Waals surface area contributed by atoms with Crippen LogP contribution in [0.25, 0.3) is 5.57 Å². The Morgan fingerprint density at radius 1 is 1.02 bits per heavy atom. The molecule has 46 heavy (non-hydrogen) atoms. The fourth-order valence-corrected chi connectivity index (χ4v) is 6.48. The fraction of sp³-hybridized carbons (Fsp3) is 0.405. The quantitative estimate of drug-likeness (QED) is 0.210. The van der Waals surface area contributed by atoms with Crippen molar-refractivity contribution < 1.29 is 19.5 Å². The lowest BCUT2D eigenvalue weighted by Crippen LogP contribution is -2.50. The molecule has 7 nitrogen and oxygen atoms in total. The lowest BCUT2D eigenvalue weighted by atomic mass is 9.85. The molecule has 1 aliphatic heterocycles. The maximum Gasteiger partial charge on any atom is 0.305 e. The van der Waals surface area contributed by atoms with Gasteiger partial charge in [-0.2, -0.15) is 0 Å². The van der Waals surface area contributed by atoms with Gasteiger partial charge in [-0.25, -0.2) is 0 Å². The summed E-state index contributed by atoms with van der Waals surface area (Å²) in [6.07, 6.45) is 11.7. The number of carbonyl (C=O) groups excluding carboxylic acids is 2. The van der Waals surface area contributed by atoms with E-state index in [2.05, 4.69) is 19.2 Å². The van der Waals surface area contributed by atoms with Crippen molar-refractivity contribution in [1.82, 2.24) is 10.2 Å². The van der Waals surface area contributed by atoms with E-state index in [0.29, 0.717) is 22.2 Å². The lowest BCUT2D eigenvalue weighted by molar-refractivity contribution is -0.137. The molecule has 1 aliphatic carbocycles. The average molecular weight is 665 g/mol. The smallest absolute Gasteiger partial charge is 0.305 e. The topological polar surface area (TPSA) is 99.1 Å². The second-order valence-corrected chi connectivity index (χ2v) is 13.0. The molecule has 4 rings (SSSR count). The van der Waals surface area contributed by atoms with E-state index in [1.165, 1.54) is 5.54 Å². The molecule has 2 amide bonds. The molecular formula is C37H43Cl2N3O4. The second-order valence-electron chi connectivity index (χ2n) is 12.3. The molecule has 1 spiro atoms. The molecule has 1 saturated carbocycles. The van der Waals surface area contributed by atoms with Crippen molar-refractivity contribution in [1.29, 1.82) is 0 Å². The van der Waals surface area contributed by atoms with E-state index >= 15 is 0 Å². The Kier molecular flexibility index (Phi) is 12.4. The maximum atomic E-state index is 14.5. The highest BCUT2D eigenvalue weighted by Gasteiger charge is 2.50. The number of nitrogens with zero attached hydrogens (tertiary/aromatic N) is 2. The van der Waals surface area contributed by atoms with Crippen molar-refractivity contribution >= 4 is 52.3 Å². The number of aliphatic carboxylic acids is 1. The third-order valence-corrected chi connectivity index (χ3v) is 9.11. The number of allylic oxidation sites excluding steroid dienone is 5. The highest BCUT2D eigenvalue weighted by atomic mass is 35.5. The van der Waals surface area contributed by atoms with Crippen LogP contribution in [-0.4, -0.2) is 45.7 Å². The van der Waals surface area contributed by atoms with Crippen LogP contribution in [-0.2, 0) is 9.59 Å². The van der Waals surface area contributed by atoms with Gasteiger partial charge in [0.25, 0.3) is 11.8 Å². The number of amides is 2. The summed E-state index contributed by atoms with van der Waals surface area (Å²) in [7, 11) is 0. The first-order valence-electron chi connectivity index (χ1n) is 16.0. The molecule has 1 fully saturated rings. The molecule has 0 saturated heterocycles. The van der Waals surface area contributed by atoms with E-state index in [-0.39, 0.29) is 30.8 Å². The van der Waals surface area contributed by atoms with Crippen molar-refractivity contribution in [2.75, 3.05) is 6.54 Å². The second kappa shape index (κ2) is 16.2. The zero-order chi connectivity index (χ0) is 33.3. The van der Waals surface area contributed by atoms with Crippen LogP contribution in [0.2, 0.25) is 0 Å². The van der Waals surface area contributed by atoms with Crippen molar-refractivity contribution in [3.63, 3.8) is 0 Å². The number of hydrogen-bond donors (Lipinski definition) is 2. The van der Waals surface area contributed by atoms with Gasteiger partial charge in [0.1, 0.15) is 11.4 Å². The van der Waals surface area contributed by atoms with Crippen LogP contribution >= 0.6 is 23.2 Å². The van der Waals surface area contributed by atoms with E-state index in [4.69, 9.17) is 33.3 Å². The first kappa shape index (κ1) is 35.2. The Balaban J connectivity index is 1.68. The summed E-state index contributed by atoms with van der Waals surface area (Å²) in [4.78, 5) is 45.3. The maximum absolute atomic E-state index is 14.5. The number of aliphatic imine (C=N–C) groups is 1. The van der Waals surface area contributed by atoms with Crippen molar-refractivity contribution in [2.45, 2.75) is 83.8 Å². The number of carboxylic acids is 1. The van der Waals surface area contributed by atoms with Gasteiger partial charge in [-0.3, -0.25) is 19.4 Å². The highest BCUT2D eigenvalue weighted by molar-refractivity contribution is 6.46. The summed E-state index contributed by atoms with van der Waals surface area (Å²) in [5.41, 5.74) is 5.23. The van der Waals surface area contributed by atoms with Gasteiger partial charge < -0.3 is 15.3 Å². The number of benzene rings is 2. The molecule has 2 aromatic carbocycles. The normalized spacial score (nSPS) is 17.6. The van der Waals surface area contributed by atoms with E-state index in [1.807, 2.05) is 60.4 Å². The summed E-state index contributed by atoms with van der Waals surface area (Å²) < 4.78 is 0. The minimum absolute atomic E-state index is 0.0589. The Hall–Kier alpha value is -3.68. The van der Waals surface area contributed by atoms with Gasteiger partial charge in [0, 0.05) is 28.2 Å². The van der Waals surface area contributed by atoms with Gasteiger partial charge in [0.05, 0.1) is 12.5 Å². The summed E-state index contributed by atoms with van der Waals surface area (Å²) in [6, 6.07) is 14.9. The fourth-order valence-electron chi connectivity index (χ4n) is 6.23. The third kappa shape index (κ3) is 8.56. The standard InChI is InChI=1S/C37H43Cl2N3O4/c1-4-31(39)24-30(18-22-38)26-9-13-28(14-10-26)34-36(46)42(37(41-34)20-6-5-7-21-37)32(17-8-25(2)3)27-11-15-29(16-12-27)35(45)40-23-19-33(43)44/h4,9-16,18,22,24-25,32H,5-8,17,19-21,23H2,1-3H3,(H,40,45)(H,43,44)/b22-18+,30-24+,31-4+. The van der Waals surface area contributed by atoms with Gasteiger partial charge in [-0.15, -0.1) is 0 Å². The molecule has 2 aromatic rings. The van der Waals surface area contributed by atoms with Gasteiger partial charge in [0.15, 0.2) is 0 Å². The number of nitrogens with one attached hydrogen (secondary N) is 1. The molecular weight excluding hydrogens is 621 g/mol. The Labute approximate surface area is 282 Å². The number of carbonyl (C=O) groups is 3. The molecule has 0 aromatic heterocycles. The Morgan fingerprint density at radius 3 is 2.26 bits per heavy atom. The van der Waals surface area contributed by atoms with Crippen molar-refractivity contribution in [3.05, 3.63) is 99.6 Å². The minimum Gasteiger partial charge on any atom is -0.481 e. The van der Waals surface area contributed by atoms with Crippen LogP contribution in [0.4, 0.5) is 0 Å². The molecule has 0 radical (unpaired) electrons. The van der Waals surface area contributed by atoms with E-state index < -0.39 is 11.6 Å². The molecule has 244 valence electrons. The summed E-state index contributed by atoms with van der Waals surface area (Å²) in [5, 5.41) is 12.1. The van der Waals surface area contributed by atoms with Crippen molar-refractivity contribution in [3.8, 4) is 0 Å². The Morgan fingerprint density at radius 2 is 1.67 bits per heavy atom. The van der Waals surface area contributed by atoms with Gasteiger partial charge in [-0.05, 0) is 92.4 Å². The van der Waals surface area contributed by atoms with Crippen LogP contribution in [0, 0.1) is 5.92 Å². The highest BCUT2D eigenvalue weighted by Crippen LogP contribution is 2.46. The lowest BCUT2D eigenvalue weighted by Gasteiger charge is -2.44. The van der Waals surface area contributed by atoms with E-state index in [0.717, 1.165) is 67.2 Å². The van der Waals surface area contributed by atoms with Crippen LogP contribution in [0.5, 0.6) is 0 Å². The Bertz CT molecular complexity index is 1520. The number of hydrogen-bond acceptors (Lipinski definition) is 4. The first-order valence-corrected chi connectivity index (χ1v) is 16.8. The third-order valence-electron chi connectivity index (χ3n) is 8.66. The van der Waals surface area contributed by atoms with Crippen molar-refractivity contribution in [2.24, 2.45) is 10.9 Å². The van der Waals surface area contributed by atoms with Gasteiger partial charge in [0.2, 0.25) is 0 Å². The molecule has 1 atom stereocenters. The zero-order valence-electron chi connectivity index (χ0n) is 26.8. The molecule has 2 aliphatic rings.